The van der Waals surface area contributed by atoms with E-state index in [1.54, 1.807) is 0 Å². The van der Waals surface area contributed by atoms with Crippen LogP contribution in [0.2, 0.25) is 0 Å². The number of likely N-dealkylation sites (tertiary alicyclic amines) is 1. The molecule has 1 atom stereocenters. The number of amides is 1. The van der Waals surface area contributed by atoms with E-state index >= 15 is 0 Å². The van der Waals surface area contributed by atoms with Crippen molar-refractivity contribution >= 4 is 15.9 Å². The summed E-state index contributed by atoms with van der Waals surface area (Å²) >= 11 is 0. The Morgan fingerprint density at radius 2 is 1.92 bits per heavy atom. The largest absolute Gasteiger partial charge is 0.351 e. The van der Waals surface area contributed by atoms with Crippen LogP contribution in [-0.2, 0) is 27.7 Å². The molecule has 1 aliphatic heterocycles. The van der Waals surface area contributed by atoms with Crippen LogP contribution in [0.3, 0.4) is 0 Å². The quantitative estimate of drug-likeness (QED) is 0.799. The van der Waals surface area contributed by atoms with Crippen molar-refractivity contribution in [1.82, 2.24) is 14.9 Å². The smallest absolute Gasteiger partial charge is 0.235 e. The summed E-state index contributed by atoms with van der Waals surface area (Å²) in [6.45, 7) is 1.71. The Morgan fingerprint density at radius 3 is 2.54 bits per heavy atom. The van der Waals surface area contributed by atoms with Gasteiger partial charge >= 0.3 is 0 Å². The molecule has 0 radical (unpaired) electrons. The Kier molecular flexibility index (Phi) is 5.22. The second-order valence-corrected chi connectivity index (χ2v) is 8.66. The number of rotatable bonds is 5. The normalized spacial score (nSPS) is 22.3. The minimum Gasteiger partial charge on any atom is -0.351 e. The van der Waals surface area contributed by atoms with Gasteiger partial charge in [-0.15, -0.1) is 0 Å². The third kappa shape index (κ3) is 4.55. The van der Waals surface area contributed by atoms with Gasteiger partial charge in [0.15, 0.2) is 0 Å². The molecule has 1 aromatic rings. The Labute approximate surface area is 143 Å². The van der Waals surface area contributed by atoms with Crippen LogP contribution in [0, 0.1) is 0 Å². The van der Waals surface area contributed by atoms with Crippen molar-refractivity contribution in [2.75, 3.05) is 25.9 Å². The van der Waals surface area contributed by atoms with Crippen molar-refractivity contribution in [3.8, 4) is 0 Å². The molecule has 0 saturated carbocycles. The zero-order valence-electron chi connectivity index (χ0n) is 14.0. The SMILES string of the molecule is CS(=O)(=O)NCC(=O)NC1CCCN(C2Cc3ccccc3C2)C1. The summed E-state index contributed by atoms with van der Waals surface area (Å²) in [6.07, 6.45) is 5.21. The molecule has 1 amide bonds. The molecule has 132 valence electrons. The maximum Gasteiger partial charge on any atom is 0.235 e. The molecule has 0 bridgehead atoms. The van der Waals surface area contributed by atoms with Gasteiger partial charge in [0.2, 0.25) is 15.9 Å². The van der Waals surface area contributed by atoms with Gasteiger partial charge in [-0.05, 0) is 43.4 Å². The molecule has 1 unspecified atom stereocenters. The summed E-state index contributed by atoms with van der Waals surface area (Å²) in [7, 11) is -3.34. The third-order valence-corrected chi connectivity index (χ3v) is 5.53. The van der Waals surface area contributed by atoms with Crippen LogP contribution in [0.1, 0.15) is 24.0 Å². The van der Waals surface area contributed by atoms with E-state index in [1.807, 2.05) is 0 Å². The summed E-state index contributed by atoms with van der Waals surface area (Å²) in [5.41, 5.74) is 2.87. The number of hydrogen-bond donors (Lipinski definition) is 2. The van der Waals surface area contributed by atoms with E-state index in [9.17, 15) is 13.2 Å². The van der Waals surface area contributed by atoms with Crippen LogP contribution >= 0.6 is 0 Å². The first-order valence-corrected chi connectivity index (χ1v) is 10.3. The highest BCUT2D eigenvalue weighted by Crippen LogP contribution is 2.27. The molecule has 2 N–H and O–H groups in total. The highest BCUT2D eigenvalue weighted by Gasteiger charge is 2.30. The Hall–Kier alpha value is -1.44. The van der Waals surface area contributed by atoms with Crippen molar-refractivity contribution in [2.45, 2.75) is 37.8 Å². The highest BCUT2D eigenvalue weighted by molar-refractivity contribution is 7.88. The summed E-state index contributed by atoms with van der Waals surface area (Å²) in [5, 5.41) is 2.96. The number of hydrogen-bond acceptors (Lipinski definition) is 4. The number of carbonyl (C=O) groups is 1. The van der Waals surface area contributed by atoms with Crippen LogP contribution in [-0.4, -0.2) is 57.2 Å². The van der Waals surface area contributed by atoms with E-state index in [-0.39, 0.29) is 18.5 Å². The van der Waals surface area contributed by atoms with Crippen LogP contribution < -0.4 is 10.0 Å². The summed E-state index contributed by atoms with van der Waals surface area (Å²) in [6, 6.07) is 9.20. The minimum absolute atomic E-state index is 0.0938. The van der Waals surface area contributed by atoms with E-state index < -0.39 is 10.0 Å². The molecular weight excluding hydrogens is 326 g/mol. The lowest BCUT2D eigenvalue weighted by atomic mass is 10.0. The molecule has 1 aromatic carbocycles. The van der Waals surface area contributed by atoms with E-state index in [0.29, 0.717) is 6.04 Å². The molecule has 3 rings (SSSR count). The predicted molar refractivity (Wildman–Crippen MR) is 93.2 cm³/mol. The summed E-state index contributed by atoms with van der Waals surface area (Å²) in [5.74, 6) is -0.262. The van der Waals surface area contributed by atoms with Gasteiger partial charge in [-0.3, -0.25) is 9.69 Å². The van der Waals surface area contributed by atoms with Gasteiger partial charge in [0.1, 0.15) is 0 Å². The van der Waals surface area contributed by atoms with Gasteiger partial charge in [-0.1, -0.05) is 24.3 Å². The molecule has 1 heterocycles. The van der Waals surface area contributed by atoms with Gasteiger partial charge in [0, 0.05) is 18.6 Å². The maximum atomic E-state index is 11.9. The maximum absolute atomic E-state index is 11.9. The Bertz CT molecular complexity index is 680. The van der Waals surface area contributed by atoms with Gasteiger partial charge < -0.3 is 5.32 Å². The van der Waals surface area contributed by atoms with Crippen molar-refractivity contribution in [1.29, 1.82) is 0 Å². The van der Waals surface area contributed by atoms with E-state index in [4.69, 9.17) is 0 Å². The Balaban J connectivity index is 1.51. The topological polar surface area (TPSA) is 78.5 Å². The number of nitrogens with zero attached hydrogens (tertiary/aromatic N) is 1. The van der Waals surface area contributed by atoms with E-state index in [1.165, 1.54) is 11.1 Å². The molecule has 1 fully saturated rings. The molecule has 1 aliphatic carbocycles. The summed E-state index contributed by atoms with van der Waals surface area (Å²) < 4.78 is 24.4. The first-order chi connectivity index (χ1) is 11.4. The van der Waals surface area contributed by atoms with Gasteiger partial charge in [0.05, 0.1) is 12.8 Å². The van der Waals surface area contributed by atoms with Gasteiger partial charge in [-0.2, -0.15) is 0 Å². The van der Waals surface area contributed by atoms with E-state index in [2.05, 4.69) is 39.2 Å². The van der Waals surface area contributed by atoms with Crippen LogP contribution in [0.5, 0.6) is 0 Å². The predicted octanol–water partition coefficient (Wildman–Crippen LogP) is 0.284. The molecular formula is C17H25N3O3S. The lowest BCUT2D eigenvalue weighted by Crippen LogP contribution is -2.52. The zero-order chi connectivity index (χ0) is 17.2. The minimum atomic E-state index is -3.34. The molecule has 6 nitrogen and oxygen atoms in total. The van der Waals surface area contributed by atoms with Gasteiger partial charge in [0.25, 0.3) is 0 Å². The fourth-order valence-electron chi connectivity index (χ4n) is 3.73. The van der Waals surface area contributed by atoms with E-state index in [0.717, 1.165) is 45.0 Å². The lowest BCUT2D eigenvalue weighted by molar-refractivity contribution is -0.121. The second kappa shape index (κ2) is 7.21. The average Bonchev–Trinajstić information content (AvgIpc) is 2.97. The molecule has 7 heteroatoms. The molecule has 0 spiro atoms. The number of benzene rings is 1. The zero-order valence-corrected chi connectivity index (χ0v) is 14.8. The molecule has 24 heavy (non-hydrogen) atoms. The van der Waals surface area contributed by atoms with Crippen LogP contribution in [0.4, 0.5) is 0 Å². The molecule has 1 saturated heterocycles. The monoisotopic (exact) mass is 351 g/mol. The highest BCUT2D eigenvalue weighted by atomic mass is 32.2. The summed E-state index contributed by atoms with van der Waals surface area (Å²) in [4.78, 5) is 14.4. The number of piperidine rings is 1. The molecule has 2 aliphatic rings. The number of nitrogens with one attached hydrogen (secondary N) is 2. The van der Waals surface area contributed by atoms with Crippen LogP contribution in [0.25, 0.3) is 0 Å². The number of fused-ring (bicyclic) bond motifs is 1. The number of carbonyl (C=O) groups excluding carboxylic acids is 1. The van der Waals surface area contributed by atoms with Gasteiger partial charge in [-0.25, -0.2) is 13.1 Å². The lowest BCUT2D eigenvalue weighted by Gasteiger charge is -2.37. The fourth-order valence-corrected chi connectivity index (χ4v) is 4.12. The fraction of sp³-hybridized carbons (Fsp3) is 0.588. The molecule has 0 aromatic heterocycles. The van der Waals surface area contributed by atoms with Crippen molar-refractivity contribution in [2.24, 2.45) is 0 Å². The number of sulfonamides is 1. The third-order valence-electron chi connectivity index (χ3n) is 4.86. The first-order valence-electron chi connectivity index (χ1n) is 8.45. The van der Waals surface area contributed by atoms with Crippen molar-refractivity contribution < 1.29 is 13.2 Å². The second-order valence-electron chi connectivity index (χ2n) is 6.83. The standard InChI is InChI=1S/C17H25N3O3S/c1-24(22,23)18-11-17(21)19-15-7-4-8-20(12-15)16-9-13-5-2-3-6-14(13)10-16/h2-3,5-6,15-16,18H,4,7-12H2,1H3,(H,19,21). The Morgan fingerprint density at radius 1 is 1.25 bits per heavy atom. The van der Waals surface area contributed by atoms with Crippen LogP contribution in [0.15, 0.2) is 24.3 Å². The van der Waals surface area contributed by atoms with Crippen molar-refractivity contribution in [3.05, 3.63) is 35.4 Å². The average molecular weight is 351 g/mol. The first kappa shape index (κ1) is 17.4. The van der Waals surface area contributed by atoms with Crippen molar-refractivity contribution in [3.63, 3.8) is 0 Å².